The molecule has 0 atom stereocenters. The fraction of sp³-hybridized carbons (Fsp3) is 1.00. The van der Waals surface area contributed by atoms with Crippen molar-refractivity contribution >= 4 is 22.6 Å². The second-order valence-corrected chi connectivity index (χ2v) is 6.16. The lowest BCUT2D eigenvalue weighted by Crippen LogP contribution is -2.71. The summed E-state index contributed by atoms with van der Waals surface area (Å²) in [4.78, 5) is 0. The minimum atomic E-state index is -2.61. The monoisotopic (exact) mass is 273 g/mol. The summed E-state index contributed by atoms with van der Waals surface area (Å²) in [6.07, 6.45) is 2.01. The van der Waals surface area contributed by atoms with E-state index in [4.69, 9.17) is 5.73 Å². The van der Waals surface area contributed by atoms with Gasteiger partial charge in [-0.2, -0.15) is 0 Å². The van der Waals surface area contributed by atoms with Gasteiger partial charge in [0.1, 0.15) is 0 Å². The Labute approximate surface area is 77.9 Å². The van der Waals surface area contributed by atoms with Crippen molar-refractivity contribution in [2.45, 2.75) is 28.6 Å². The number of nitrogens with two attached hydrogens (primary N) is 1. The van der Waals surface area contributed by atoms with Crippen molar-refractivity contribution in [3.05, 3.63) is 0 Å². The third-order valence-electron chi connectivity index (χ3n) is 3.00. The van der Waals surface area contributed by atoms with E-state index < -0.39 is 17.9 Å². The first-order chi connectivity index (χ1) is 4.93. The Morgan fingerprint density at radius 3 is 2.09 bits per heavy atom. The van der Waals surface area contributed by atoms with Crippen LogP contribution >= 0.6 is 22.6 Å². The van der Waals surface area contributed by atoms with E-state index in [1.807, 2.05) is 0 Å². The van der Waals surface area contributed by atoms with Crippen molar-refractivity contribution in [1.82, 2.24) is 0 Å². The van der Waals surface area contributed by atoms with Gasteiger partial charge in [-0.3, -0.25) is 0 Å². The highest BCUT2D eigenvalue weighted by Crippen LogP contribution is 2.76. The van der Waals surface area contributed by atoms with E-state index in [1.54, 1.807) is 0 Å². The highest BCUT2D eigenvalue weighted by atomic mass is 127. The van der Waals surface area contributed by atoms with Crippen LogP contribution in [0, 0.1) is 5.41 Å². The summed E-state index contributed by atoms with van der Waals surface area (Å²) < 4.78 is 26.3. The van der Waals surface area contributed by atoms with Gasteiger partial charge in [0, 0.05) is 8.84 Å². The molecular formula is C7H10F2IN. The number of alkyl halides is 3. The molecule has 0 radical (unpaired) electrons. The van der Waals surface area contributed by atoms with Crippen LogP contribution in [-0.4, -0.2) is 15.9 Å². The summed E-state index contributed by atoms with van der Waals surface area (Å²) >= 11 is 2.29. The number of rotatable bonds is 2. The van der Waals surface area contributed by atoms with Gasteiger partial charge < -0.3 is 5.73 Å². The Hall–Kier alpha value is 0.550. The molecule has 0 amide bonds. The first-order valence-electron chi connectivity index (χ1n) is 3.70. The topological polar surface area (TPSA) is 26.0 Å². The Kier molecular flexibility index (Phi) is 1.40. The minimum absolute atomic E-state index is 0.219. The van der Waals surface area contributed by atoms with E-state index in [9.17, 15) is 8.78 Å². The molecule has 4 heteroatoms. The van der Waals surface area contributed by atoms with Crippen molar-refractivity contribution < 1.29 is 8.78 Å². The molecule has 2 N–H and O–H groups in total. The predicted octanol–water partition coefficient (Wildman–Crippen LogP) is 1.94. The van der Waals surface area contributed by atoms with Gasteiger partial charge in [0.2, 0.25) is 0 Å². The molecule has 3 fully saturated rings. The van der Waals surface area contributed by atoms with Gasteiger partial charge in [0.05, 0.1) is 6.54 Å². The van der Waals surface area contributed by atoms with E-state index in [2.05, 4.69) is 22.6 Å². The molecule has 2 bridgehead atoms. The summed E-state index contributed by atoms with van der Waals surface area (Å²) in [5.41, 5.74) is 4.33. The molecule has 0 unspecified atom stereocenters. The van der Waals surface area contributed by atoms with Gasteiger partial charge in [-0.25, -0.2) is 8.78 Å². The molecule has 1 nitrogen and oxygen atoms in total. The van der Waals surface area contributed by atoms with Crippen molar-refractivity contribution in [3.8, 4) is 0 Å². The van der Waals surface area contributed by atoms with Crippen LogP contribution in [0.1, 0.15) is 19.3 Å². The number of hydrogen-bond donors (Lipinski definition) is 1. The standard InChI is InChI=1S/C7H10F2IN/c8-7(9,4-11)5-1-6(10,2-5)3-5/h1-4,11H2. The summed E-state index contributed by atoms with van der Waals surface area (Å²) in [6, 6.07) is 0. The molecule has 11 heavy (non-hydrogen) atoms. The molecule has 64 valence electrons. The van der Waals surface area contributed by atoms with E-state index in [0.29, 0.717) is 19.3 Å². The maximum atomic E-state index is 13.1. The van der Waals surface area contributed by atoms with Crippen LogP contribution in [0.15, 0.2) is 0 Å². The lowest BCUT2D eigenvalue weighted by Gasteiger charge is -2.70. The van der Waals surface area contributed by atoms with Crippen LogP contribution in [0.2, 0.25) is 0 Å². The van der Waals surface area contributed by atoms with E-state index in [-0.39, 0.29) is 3.42 Å². The summed E-state index contributed by atoms with van der Waals surface area (Å²) in [5.74, 6) is -2.61. The zero-order chi connectivity index (χ0) is 8.33. The van der Waals surface area contributed by atoms with Gasteiger partial charge in [0.25, 0.3) is 5.92 Å². The van der Waals surface area contributed by atoms with Gasteiger partial charge in [0.15, 0.2) is 0 Å². The summed E-state index contributed by atoms with van der Waals surface area (Å²) in [7, 11) is 0. The molecule has 0 aliphatic heterocycles. The van der Waals surface area contributed by atoms with Crippen molar-refractivity contribution in [2.75, 3.05) is 6.54 Å². The molecule has 0 aromatic rings. The first-order valence-corrected chi connectivity index (χ1v) is 4.78. The molecule has 0 spiro atoms. The number of halogens is 3. The minimum Gasteiger partial charge on any atom is -0.325 e. The van der Waals surface area contributed by atoms with E-state index in [1.165, 1.54) is 0 Å². The fourth-order valence-corrected chi connectivity index (χ4v) is 4.46. The highest BCUT2D eigenvalue weighted by Gasteiger charge is 2.75. The summed E-state index contributed by atoms with van der Waals surface area (Å²) in [5, 5.41) is 0. The van der Waals surface area contributed by atoms with Crippen LogP contribution in [0.4, 0.5) is 8.78 Å². The third kappa shape index (κ3) is 0.826. The maximum Gasteiger partial charge on any atom is 0.265 e. The zero-order valence-electron chi connectivity index (χ0n) is 6.04. The maximum absolute atomic E-state index is 13.1. The normalized spacial score (nSPS) is 48.0. The lowest BCUT2D eigenvalue weighted by molar-refractivity contribution is -0.236. The second kappa shape index (κ2) is 1.89. The van der Waals surface area contributed by atoms with E-state index >= 15 is 0 Å². The molecule has 3 rings (SSSR count). The molecule has 3 saturated carbocycles. The molecular weight excluding hydrogens is 263 g/mol. The number of hydrogen-bond acceptors (Lipinski definition) is 1. The van der Waals surface area contributed by atoms with Crippen LogP contribution in [-0.2, 0) is 0 Å². The van der Waals surface area contributed by atoms with Crippen LogP contribution < -0.4 is 5.73 Å². The molecule has 0 aromatic heterocycles. The summed E-state index contributed by atoms with van der Waals surface area (Å²) in [6.45, 7) is -0.486. The quantitative estimate of drug-likeness (QED) is 0.604. The molecule has 0 heterocycles. The SMILES string of the molecule is NCC(F)(F)C12CC(I)(C1)C2. The second-order valence-electron chi connectivity index (χ2n) is 3.87. The van der Waals surface area contributed by atoms with Gasteiger partial charge in [-0.1, -0.05) is 22.6 Å². The zero-order valence-corrected chi connectivity index (χ0v) is 8.20. The Morgan fingerprint density at radius 1 is 1.36 bits per heavy atom. The Morgan fingerprint density at radius 2 is 1.82 bits per heavy atom. The van der Waals surface area contributed by atoms with Gasteiger partial charge in [-0.05, 0) is 19.3 Å². The average Bonchev–Trinajstić information content (AvgIpc) is 1.79. The molecule has 3 aliphatic rings. The van der Waals surface area contributed by atoms with Crippen molar-refractivity contribution in [3.63, 3.8) is 0 Å². The molecule has 3 aliphatic carbocycles. The predicted molar refractivity (Wildman–Crippen MR) is 47.0 cm³/mol. The van der Waals surface area contributed by atoms with Gasteiger partial charge >= 0.3 is 0 Å². The molecule has 0 saturated heterocycles. The van der Waals surface area contributed by atoms with Crippen LogP contribution in [0.3, 0.4) is 0 Å². The lowest BCUT2D eigenvalue weighted by atomic mass is 9.42. The van der Waals surface area contributed by atoms with E-state index in [0.717, 1.165) is 0 Å². The molecule has 0 aromatic carbocycles. The van der Waals surface area contributed by atoms with Crippen molar-refractivity contribution in [2.24, 2.45) is 11.1 Å². The smallest absolute Gasteiger partial charge is 0.265 e. The van der Waals surface area contributed by atoms with Crippen molar-refractivity contribution in [1.29, 1.82) is 0 Å². The van der Waals surface area contributed by atoms with Crippen LogP contribution in [0.25, 0.3) is 0 Å². The average molecular weight is 273 g/mol. The third-order valence-corrected chi connectivity index (χ3v) is 4.14. The van der Waals surface area contributed by atoms with Crippen LogP contribution in [0.5, 0.6) is 0 Å². The first kappa shape index (κ1) is 8.16. The Balaban J connectivity index is 2.09. The Bertz CT molecular complexity index is 185. The fourth-order valence-electron chi connectivity index (χ4n) is 2.27. The van der Waals surface area contributed by atoms with Gasteiger partial charge in [-0.15, -0.1) is 0 Å². The largest absolute Gasteiger partial charge is 0.325 e. The highest BCUT2D eigenvalue weighted by molar-refractivity contribution is 14.1.